The average Bonchev–Trinajstić information content (AvgIpc) is 2.85. The third-order valence-corrected chi connectivity index (χ3v) is 5.60. The van der Waals surface area contributed by atoms with E-state index in [2.05, 4.69) is 10.3 Å². The van der Waals surface area contributed by atoms with E-state index in [-0.39, 0.29) is 16.0 Å². The van der Waals surface area contributed by atoms with Gasteiger partial charge in [0.15, 0.2) is 9.34 Å². The molecule has 1 aromatic rings. The van der Waals surface area contributed by atoms with Gasteiger partial charge in [-0.25, -0.2) is 18.5 Å². The van der Waals surface area contributed by atoms with Crippen molar-refractivity contribution in [2.45, 2.75) is 36.8 Å². The number of hydrogen-bond acceptors (Lipinski definition) is 5. The Kier molecular flexibility index (Phi) is 3.69. The molecule has 0 aromatic carbocycles. The number of aryl methyl sites for hydroxylation is 1. The summed E-state index contributed by atoms with van der Waals surface area (Å²) in [5.74, 6) is -0.0608. The predicted molar refractivity (Wildman–Crippen MR) is 68.8 cm³/mol. The van der Waals surface area contributed by atoms with Crippen LogP contribution in [0, 0.1) is 12.8 Å². The summed E-state index contributed by atoms with van der Waals surface area (Å²) in [6.45, 7) is 1.56. The predicted octanol–water partition coefficient (Wildman–Crippen LogP) is 1.23. The largest absolute Gasteiger partial charge is 0.302 e. The highest BCUT2D eigenvalue weighted by Crippen LogP contribution is 2.29. The van der Waals surface area contributed by atoms with Crippen molar-refractivity contribution in [3.63, 3.8) is 0 Å². The summed E-state index contributed by atoms with van der Waals surface area (Å²) in [7, 11) is -3.76. The molecule has 1 fully saturated rings. The summed E-state index contributed by atoms with van der Waals surface area (Å²) in [5, 5.41) is 8.02. The van der Waals surface area contributed by atoms with Crippen molar-refractivity contribution in [1.82, 2.24) is 4.98 Å². The lowest BCUT2D eigenvalue weighted by atomic mass is 10.1. The van der Waals surface area contributed by atoms with Gasteiger partial charge < -0.3 is 5.32 Å². The van der Waals surface area contributed by atoms with Gasteiger partial charge in [0.1, 0.15) is 0 Å². The maximum Gasteiger partial charge on any atom is 0.249 e. The molecule has 0 radical (unpaired) electrons. The monoisotopic (exact) mass is 289 g/mol. The number of amides is 1. The fourth-order valence-corrected chi connectivity index (χ4v) is 3.96. The summed E-state index contributed by atoms with van der Waals surface area (Å²) >= 11 is 0.898. The van der Waals surface area contributed by atoms with E-state index in [1.165, 1.54) is 0 Å². The number of carbonyl (C=O) groups excluding carboxylic acids is 1. The van der Waals surface area contributed by atoms with E-state index in [1.54, 1.807) is 6.92 Å². The second-order valence-electron chi connectivity index (χ2n) is 4.41. The molecule has 0 bridgehead atoms. The van der Waals surface area contributed by atoms with E-state index in [9.17, 15) is 13.2 Å². The van der Waals surface area contributed by atoms with Gasteiger partial charge in [-0.2, -0.15) is 0 Å². The molecule has 6 nitrogen and oxygen atoms in total. The Morgan fingerprint density at radius 3 is 2.56 bits per heavy atom. The molecule has 1 amide bonds. The Labute approximate surface area is 110 Å². The van der Waals surface area contributed by atoms with Gasteiger partial charge in [0.2, 0.25) is 15.9 Å². The van der Waals surface area contributed by atoms with Crippen LogP contribution in [0.15, 0.2) is 4.21 Å². The minimum Gasteiger partial charge on any atom is -0.302 e. The molecule has 0 atom stereocenters. The highest BCUT2D eigenvalue weighted by Gasteiger charge is 2.24. The lowest BCUT2D eigenvalue weighted by Gasteiger charge is -2.07. The second-order valence-corrected chi connectivity index (χ2v) is 7.16. The Morgan fingerprint density at radius 1 is 1.44 bits per heavy atom. The van der Waals surface area contributed by atoms with Crippen LogP contribution in [-0.2, 0) is 14.8 Å². The van der Waals surface area contributed by atoms with Crippen LogP contribution in [0.5, 0.6) is 0 Å². The number of nitrogens with zero attached hydrogens (tertiary/aromatic N) is 1. The van der Waals surface area contributed by atoms with E-state index in [0.29, 0.717) is 10.8 Å². The number of hydrogen-bond donors (Lipinski definition) is 2. The van der Waals surface area contributed by atoms with Crippen molar-refractivity contribution in [2.75, 3.05) is 5.32 Å². The molecule has 100 valence electrons. The highest BCUT2D eigenvalue weighted by molar-refractivity contribution is 7.91. The second kappa shape index (κ2) is 4.94. The van der Waals surface area contributed by atoms with Gasteiger partial charge in [0, 0.05) is 5.92 Å². The molecule has 18 heavy (non-hydrogen) atoms. The van der Waals surface area contributed by atoms with Gasteiger partial charge in [-0.1, -0.05) is 24.2 Å². The van der Waals surface area contributed by atoms with Crippen molar-refractivity contribution in [3.05, 3.63) is 5.69 Å². The van der Waals surface area contributed by atoms with E-state index >= 15 is 0 Å². The van der Waals surface area contributed by atoms with Crippen LogP contribution in [0.25, 0.3) is 0 Å². The van der Waals surface area contributed by atoms with Gasteiger partial charge in [-0.15, -0.1) is 0 Å². The first-order chi connectivity index (χ1) is 8.38. The van der Waals surface area contributed by atoms with Crippen molar-refractivity contribution >= 4 is 32.4 Å². The Balaban J connectivity index is 2.13. The molecule has 3 N–H and O–H groups in total. The van der Waals surface area contributed by atoms with Gasteiger partial charge in [-0.3, -0.25) is 4.79 Å². The van der Waals surface area contributed by atoms with E-state index < -0.39 is 10.0 Å². The number of rotatable bonds is 3. The molecular weight excluding hydrogens is 274 g/mol. The highest BCUT2D eigenvalue weighted by atomic mass is 32.2. The zero-order valence-electron chi connectivity index (χ0n) is 9.97. The first kappa shape index (κ1) is 13.4. The SMILES string of the molecule is Cc1nc(NC(=O)C2CCCC2)sc1S(N)(=O)=O. The molecule has 0 saturated heterocycles. The fraction of sp³-hybridized carbons (Fsp3) is 0.600. The Morgan fingerprint density at radius 2 is 2.06 bits per heavy atom. The third kappa shape index (κ3) is 2.88. The van der Waals surface area contributed by atoms with Crippen LogP contribution >= 0.6 is 11.3 Å². The van der Waals surface area contributed by atoms with Gasteiger partial charge >= 0.3 is 0 Å². The van der Waals surface area contributed by atoms with Crippen molar-refractivity contribution in [2.24, 2.45) is 11.1 Å². The maximum absolute atomic E-state index is 11.9. The fourth-order valence-electron chi connectivity index (χ4n) is 2.10. The number of nitrogens with one attached hydrogen (secondary N) is 1. The number of thiazole rings is 1. The van der Waals surface area contributed by atoms with Crippen LogP contribution in [0.3, 0.4) is 0 Å². The van der Waals surface area contributed by atoms with Crippen LogP contribution < -0.4 is 10.5 Å². The lowest BCUT2D eigenvalue weighted by molar-refractivity contribution is -0.119. The quantitative estimate of drug-likeness (QED) is 0.873. The Hall–Kier alpha value is -0.990. The van der Waals surface area contributed by atoms with E-state index in [1.807, 2.05) is 0 Å². The molecule has 1 aliphatic rings. The van der Waals surface area contributed by atoms with Crippen LogP contribution in [-0.4, -0.2) is 19.3 Å². The van der Waals surface area contributed by atoms with Crippen molar-refractivity contribution in [1.29, 1.82) is 0 Å². The summed E-state index contributed by atoms with van der Waals surface area (Å²) in [6.07, 6.45) is 3.91. The minimum atomic E-state index is -3.76. The molecule has 1 aromatic heterocycles. The summed E-state index contributed by atoms with van der Waals surface area (Å²) in [5.41, 5.74) is 0.323. The standard InChI is InChI=1S/C10H15N3O3S2/c1-6-9(18(11,15)16)17-10(12-6)13-8(14)7-4-2-3-5-7/h7H,2-5H2,1H3,(H2,11,15,16)(H,12,13,14). The number of anilines is 1. The molecule has 0 spiro atoms. The molecule has 1 heterocycles. The molecule has 0 unspecified atom stereocenters. The smallest absolute Gasteiger partial charge is 0.249 e. The number of carbonyl (C=O) groups is 1. The first-order valence-electron chi connectivity index (χ1n) is 5.69. The van der Waals surface area contributed by atoms with Crippen LogP contribution in [0.4, 0.5) is 5.13 Å². The van der Waals surface area contributed by atoms with Gasteiger partial charge in [0.05, 0.1) is 5.69 Å². The summed E-state index contributed by atoms with van der Waals surface area (Å²) in [6, 6.07) is 0. The molecule has 8 heteroatoms. The van der Waals surface area contributed by atoms with Gasteiger partial charge in [0.25, 0.3) is 0 Å². The van der Waals surface area contributed by atoms with Crippen LogP contribution in [0.1, 0.15) is 31.4 Å². The van der Waals surface area contributed by atoms with Crippen LogP contribution in [0.2, 0.25) is 0 Å². The first-order valence-corrected chi connectivity index (χ1v) is 8.05. The number of primary sulfonamides is 1. The number of sulfonamides is 1. The average molecular weight is 289 g/mol. The Bertz CT molecular complexity index is 559. The van der Waals surface area contributed by atoms with E-state index in [4.69, 9.17) is 5.14 Å². The molecule has 1 aliphatic carbocycles. The minimum absolute atomic E-state index is 0.00391. The number of nitrogens with two attached hydrogens (primary N) is 1. The zero-order valence-corrected chi connectivity index (χ0v) is 11.6. The third-order valence-electron chi connectivity index (χ3n) is 2.97. The topological polar surface area (TPSA) is 102 Å². The van der Waals surface area contributed by atoms with Gasteiger partial charge in [-0.05, 0) is 19.8 Å². The molecule has 2 rings (SSSR count). The molecular formula is C10H15N3O3S2. The lowest BCUT2D eigenvalue weighted by Crippen LogP contribution is -2.20. The summed E-state index contributed by atoms with van der Waals surface area (Å²) < 4.78 is 22.5. The molecule has 0 aliphatic heterocycles. The zero-order chi connectivity index (χ0) is 13.3. The van der Waals surface area contributed by atoms with E-state index in [0.717, 1.165) is 37.0 Å². The number of aromatic nitrogens is 1. The van der Waals surface area contributed by atoms with Crippen molar-refractivity contribution in [3.8, 4) is 0 Å². The molecule has 1 saturated carbocycles. The maximum atomic E-state index is 11.9. The van der Waals surface area contributed by atoms with Crippen molar-refractivity contribution < 1.29 is 13.2 Å². The normalized spacial score (nSPS) is 17.0. The summed E-state index contributed by atoms with van der Waals surface area (Å²) in [4.78, 5) is 15.9.